The third-order valence-corrected chi connectivity index (χ3v) is 4.49. The van der Waals surface area contributed by atoms with Crippen molar-refractivity contribution in [3.8, 4) is 0 Å². The van der Waals surface area contributed by atoms with Crippen LogP contribution < -0.4 is 5.56 Å². The molecule has 0 spiro atoms. The first kappa shape index (κ1) is 16.7. The first-order valence-electron chi connectivity index (χ1n) is 7.31. The Morgan fingerprint density at radius 3 is 2.58 bits per heavy atom. The van der Waals surface area contributed by atoms with Crippen molar-refractivity contribution < 1.29 is 4.79 Å². The van der Waals surface area contributed by atoms with Crippen LogP contribution in [0.15, 0.2) is 41.5 Å². The number of halogens is 2. The fourth-order valence-corrected chi connectivity index (χ4v) is 3.01. The second kappa shape index (κ2) is 6.38. The van der Waals surface area contributed by atoms with Gasteiger partial charge in [-0.05, 0) is 43.2 Å². The predicted octanol–water partition coefficient (Wildman–Crippen LogP) is 4.20. The number of hydrogen-bond donors (Lipinski definition) is 0. The van der Waals surface area contributed by atoms with Gasteiger partial charge in [0.05, 0.1) is 28.8 Å². The Hall–Kier alpha value is -2.17. The maximum atomic E-state index is 12.6. The third kappa shape index (κ3) is 3.07. The molecule has 0 saturated heterocycles. The molecule has 1 aromatic heterocycles. The van der Waals surface area contributed by atoms with Crippen LogP contribution in [0.5, 0.6) is 0 Å². The van der Waals surface area contributed by atoms with Gasteiger partial charge in [0.25, 0.3) is 5.56 Å². The van der Waals surface area contributed by atoms with Gasteiger partial charge in [-0.25, -0.2) is 4.98 Å². The Labute approximate surface area is 148 Å². The van der Waals surface area contributed by atoms with E-state index >= 15 is 0 Å². The zero-order valence-corrected chi connectivity index (χ0v) is 14.6. The lowest BCUT2D eigenvalue weighted by molar-refractivity contribution is 0.0970. The monoisotopic (exact) mass is 360 g/mol. The molecule has 24 heavy (non-hydrogen) atoms. The van der Waals surface area contributed by atoms with Crippen LogP contribution >= 0.6 is 23.2 Å². The van der Waals surface area contributed by atoms with Gasteiger partial charge in [-0.3, -0.25) is 14.2 Å². The van der Waals surface area contributed by atoms with Crippen molar-refractivity contribution >= 4 is 39.9 Å². The lowest BCUT2D eigenvalue weighted by Gasteiger charge is -2.08. The van der Waals surface area contributed by atoms with Crippen LogP contribution in [0.1, 0.15) is 21.5 Å². The van der Waals surface area contributed by atoms with E-state index in [1.807, 2.05) is 26.0 Å². The van der Waals surface area contributed by atoms with Gasteiger partial charge >= 0.3 is 0 Å². The first-order chi connectivity index (χ1) is 11.4. The number of benzene rings is 2. The average molecular weight is 361 g/mol. The first-order valence-corrected chi connectivity index (χ1v) is 8.07. The summed E-state index contributed by atoms with van der Waals surface area (Å²) >= 11 is 12.0. The Kier molecular flexibility index (Phi) is 4.43. The summed E-state index contributed by atoms with van der Waals surface area (Å²) in [4.78, 5) is 29.2. The SMILES string of the molecule is Cc1ccc(C(=O)Cn2cnc3c(Cl)cc(Cl)cc3c2=O)cc1C. The van der Waals surface area contributed by atoms with Crippen molar-refractivity contribution in [1.82, 2.24) is 9.55 Å². The van der Waals surface area contributed by atoms with Gasteiger partial charge in [0.15, 0.2) is 5.78 Å². The van der Waals surface area contributed by atoms with Crippen molar-refractivity contribution in [2.24, 2.45) is 0 Å². The zero-order chi connectivity index (χ0) is 17.4. The van der Waals surface area contributed by atoms with Crippen LogP contribution in [0.4, 0.5) is 0 Å². The quantitative estimate of drug-likeness (QED) is 0.657. The number of fused-ring (bicyclic) bond motifs is 1. The summed E-state index contributed by atoms with van der Waals surface area (Å²) in [6.07, 6.45) is 1.34. The van der Waals surface area contributed by atoms with Crippen LogP contribution in [0.2, 0.25) is 10.0 Å². The van der Waals surface area contributed by atoms with Crippen LogP contribution in [0.3, 0.4) is 0 Å². The maximum absolute atomic E-state index is 12.6. The van der Waals surface area contributed by atoms with E-state index in [-0.39, 0.29) is 17.9 Å². The normalized spacial score (nSPS) is 11.0. The minimum absolute atomic E-state index is 0.0889. The smallest absolute Gasteiger partial charge is 0.261 e. The van der Waals surface area contributed by atoms with Crippen LogP contribution in [0.25, 0.3) is 10.9 Å². The largest absolute Gasteiger partial charge is 0.292 e. The highest BCUT2D eigenvalue weighted by Crippen LogP contribution is 2.24. The lowest BCUT2D eigenvalue weighted by Crippen LogP contribution is -2.24. The second-order valence-corrected chi connectivity index (χ2v) is 6.53. The minimum atomic E-state index is -0.346. The van der Waals surface area contributed by atoms with E-state index in [2.05, 4.69) is 4.98 Å². The standard InChI is InChI=1S/C18H14Cl2N2O2/c1-10-3-4-12(5-11(10)2)16(23)8-22-9-21-17-14(18(22)24)6-13(19)7-15(17)20/h3-7,9H,8H2,1-2H3. The Balaban J connectivity index is 2.01. The molecule has 4 nitrogen and oxygen atoms in total. The fraction of sp³-hybridized carbons (Fsp3) is 0.167. The molecular weight excluding hydrogens is 347 g/mol. The number of carbonyl (C=O) groups excluding carboxylic acids is 1. The van der Waals surface area contributed by atoms with E-state index in [0.717, 1.165) is 11.1 Å². The number of carbonyl (C=O) groups is 1. The topological polar surface area (TPSA) is 52.0 Å². The number of hydrogen-bond acceptors (Lipinski definition) is 3. The van der Waals surface area contributed by atoms with Crippen molar-refractivity contribution in [2.75, 3.05) is 0 Å². The van der Waals surface area contributed by atoms with Gasteiger partial charge in [0.1, 0.15) is 0 Å². The van der Waals surface area contributed by atoms with Gasteiger partial charge in [0, 0.05) is 10.6 Å². The molecule has 3 aromatic rings. The van der Waals surface area contributed by atoms with Gasteiger partial charge in [-0.15, -0.1) is 0 Å². The van der Waals surface area contributed by atoms with Crippen LogP contribution in [0, 0.1) is 13.8 Å². The van der Waals surface area contributed by atoms with Gasteiger partial charge in [-0.2, -0.15) is 0 Å². The molecule has 0 aliphatic heterocycles. The summed E-state index contributed by atoms with van der Waals surface area (Å²) < 4.78 is 1.27. The Bertz CT molecular complexity index is 1030. The highest BCUT2D eigenvalue weighted by atomic mass is 35.5. The maximum Gasteiger partial charge on any atom is 0.261 e. The molecule has 0 atom stereocenters. The summed E-state index contributed by atoms with van der Waals surface area (Å²) in [5, 5.41) is 0.953. The molecule has 1 heterocycles. The third-order valence-electron chi connectivity index (χ3n) is 3.99. The van der Waals surface area contributed by atoms with Crippen LogP contribution in [-0.2, 0) is 6.54 Å². The van der Waals surface area contributed by atoms with E-state index in [1.165, 1.54) is 23.0 Å². The summed E-state index contributed by atoms with van der Waals surface area (Å²) in [7, 11) is 0. The van der Waals surface area contributed by atoms with Crippen molar-refractivity contribution in [3.63, 3.8) is 0 Å². The molecule has 0 radical (unpaired) electrons. The Morgan fingerprint density at radius 2 is 1.88 bits per heavy atom. The predicted molar refractivity (Wildman–Crippen MR) is 96.3 cm³/mol. The van der Waals surface area contributed by atoms with Crippen LogP contribution in [-0.4, -0.2) is 15.3 Å². The number of aryl methyl sites for hydroxylation is 2. The average Bonchev–Trinajstić information content (AvgIpc) is 2.53. The number of ketones is 1. The zero-order valence-electron chi connectivity index (χ0n) is 13.1. The molecule has 0 saturated carbocycles. The molecule has 0 bridgehead atoms. The van der Waals surface area contributed by atoms with E-state index in [1.54, 1.807) is 6.07 Å². The number of aromatic nitrogens is 2. The molecule has 0 fully saturated rings. The highest BCUT2D eigenvalue weighted by Gasteiger charge is 2.13. The van der Waals surface area contributed by atoms with Crippen molar-refractivity contribution in [2.45, 2.75) is 20.4 Å². The number of nitrogens with zero attached hydrogens (tertiary/aromatic N) is 2. The fourth-order valence-electron chi connectivity index (χ4n) is 2.47. The molecule has 0 N–H and O–H groups in total. The molecule has 2 aromatic carbocycles. The van der Waals surface area contributed by atoms with Crippen molar-refractivity contribution in [1.29, 1.82) is 0 Å². The van der Waals surface area contributed by atoms with E-state index in [4.69, 9.17) is 23.2 Å². The lowest BCUT2D eigenvalue weighted by atomic mass is 10.0. The number of rotatable bonds is 3. The van der Waals surface area contributed by atoms with Gasteiger partial charge in [0.2, 0.25) is 0 Å². The second-order valence-electron chi connectivity index (χ2n) is 5.68. The molecule has 0 amide bonds. The molecule has 0 aliphatic carbocycles. The summed E-state index contributed by atoms with van der Waals surface area (Å²) in [6.45, 7) is 3.84. The van der Waals surface area contributed by atoms with E-state index < -0.39 is 0 Å². The van der Waals surface area contributed by atoms with Crippen molar-refractivity contribution in [3.05, 3.63) is 73.7 Å². The molecule has 0 unspecified atom stereocenters. The molecule has 122 valence electrons. The molecule has 0 aliphatic rings. The van der Waals surface area contributed by atoms with E-state index in [9.17, 15) is 9.59 Å². The minimum Gasteiger partial charge on any atom is -0.292 e. The van der Waals surface area contributed by atoms with E-state index in [0.29, 0.717) is 26.5 Å². The molecule has 3 rings (SSSR count). The summed E-state index contributed by atoms with van der Waals surface area (Å²) in [5.41, 5.74) is 2.74. The van der Waals surface area contributed by atoms with Gasteiger partial charge < -0.3 is 0 Å². The summed E-state index contributed by atoms with van der Waals surface area (Å²) in [5.74, 6) is -0.158. The molecule has 6 heteroatoms. The number of Topliss-reactive ketones (excluding diaryl/α,β-unsaturated/α-hetero) is 1. The van der Waals surface area contributed by atoms with Gasteiger partial charge in [-0.1, -0.05) is 35.3 Å². The highest BCUT2D eigenvalue weighted by molar-refractivity contribution is 6.38. The Morgan fingerprint density at radius 1 is 1.12 bits per heavy atom. The molecular formula is C18H14Cl2N2O2. The summed E-state index contributed by atoms with van der Waals surface area (Å²) in [6, 6.07) is 8.52.